The van der Waals surface area contributed by atoms with Gasteiger partial charge in [-0.25, -0.2) is 0 Å². The average molecular weight is 343 g/mol. The molecule has 1 aliphatic rings. The lowest BCUT2D eigenvalue weighted by Crippen LogP contribution is -2.47. The molecule has 1 saturated heterocycles. The summed E-state index contributed by atoms with van der Waals surface area (Å²) in [4.78, 5) is 3.71. The molecule has 2 nitrogen and oxygen atoms in total. The number of nitrogens with two attached hydrogens (primary N) is 1. The van der Waals surface area contributed by atoms with Gasteiger partial charge in [-0.3, -0.25) is 4.90 Å². The molecule has 3 rings (SSSR count). The second-order valence-corrected chi connectivity index (χ2v) is 7.24. The van der Waals surface area contributed by atoms with Crippen molar-refractivity contribution in [2.75, 3.05) is 13.1 Å². The molecule has 1 aliphatic heterocycles. The Morgan fingerprint density at radius 3 is 2.33 bits per heavy atom. The van der Waals surface area contributed by atoms with Gasteiger partial charge in [0.25, 0.3) is 0 Å². The van der Waals surface area contributed by atoms with Crippen molar-refractivity contribution in [3.05, 3.63) is 57.2 Å². The Hall–Kier alpha value is -0.580. The second kappa shape index (κ2) is 7.12. The lowest BCUT2D eigenvalue weighted by Gasteiger charge is -2.38. The third kappa shape index (κ3) is 3.99. The second-order valence-electron chi connectivity index (χ2n) is 5.52. The first-order chi connectivity index (χ1) is 9.66. The maximum atomic E-state index is 6.57. The first kappa shape index (κ1) is 16.8. The number of halogens is 2. The third-order valence-electron chi connectivity index (χ3n) is 4.06. The predicted octanol–water partition coefficient (Wildman–Crippen LogP) is 4.27. The standard InChI is InChI=1S/C16H19ClN2S.ClH/c17-15-7-6-14(20-15)16(18)8-10-19(11-9-16)12-13-4-2-1-3-5-13;/h1-7H,8-12,18H2;1H. The zero-order chi connectivity index (χ0) is 14.0. The molecule has 0 atom stereocenters. The normalized spacial score (nSPS) is 18.2. The van der Waals surface area contributed by atoms with E-state index in [0.717, 1.165) is 36.8 Å². The van der Waals surface area contributed by atoms with Gasteiger partial charge < -0.3 is 5.73 Å². The molecular weight excluding hydrogens is 323 g/mol. The topological polar surface area (TPSA) is 29.3 Å². The highest BCUT2D eigenvalue weighted by molar-refractivity contribution is 7.16. The summed E-state index contributed by atoms with van der Waals surface area (Å²) in [5, 5.41) is 0. The van der Waals surface area contributed by atoms with E-state index in [2.05, 4.69) is 41.3 Å². The van der Waals surface area contributed by atoms with E-state index < -0.39 is 0 Å². The van der Waals surface area contributed by atoms with E-state index >= 15 is 0 Å². The highest BCUT2D eigenvalue weighted by Crippen LogP contribution is 2.36. The van der Waals surface area contributed by atoms with Crippen molar-refractivity contribution in [1.29, 1.82) is 0 Å². The van der Waals surface area contributed by atoms with Crippen molar-refractivity contribution >= 4 is 35.3 Å². The Bertz CT molecular complexity index is 563. The summed E-state index contributed by atoms with van der Waals surface area (Å²) in [7, 11) is 0. The molecule has 0 spiro atoms. The largest absolute Gasteiger partial charge is 0.321 e. The Labute approximate surface area is 141 Å². The van der Waals surface area contributed by atoms with Crippen molar-refractivity contribution in [3.63, 3.8) is 0 Å². The summed E-state index contributed by atoms with van der Waals surface area (Å²) in [6.45, 7) is 3.10. The van der Waals surface area contributed by atoms with Crippen LogP contribution in [0.5, 0.6) is 0 Å². The maximum Gasteiger partial charge on any atom is 0.0931 e. The summed E-state index contributed by atoms with van der Waals surface area (Å²) in [5.74, 6) is 0. The van der Waals surface area contributed by atoms with Crippen LogP contribution in [0.1, 0.15) is 23.3 Å². The van der Waals surface area contributed by atoms with Crippen molar-refractivity contribution in [2.24, 2.45) is 5.73 Å². The third-order valence-corrected chi connectivity index (χ3v) is 5.51. The van der Waals surface area contributed by atoms with E-state index in [1.165, 1.54) is 10.4 Å². The van der Waals surface area contributed by atoms with Crippen LogP contribution >= 0.6 is 35.3 Å². The van der Waals surface area contributed by atoms with Gasteiger partial charge in [0.05, 0.1) is 9.88 Å². The van der Waals surface area contributed by atoms with Gasteiger partial charge in [-0.15, -0.1) is 23.7 Å². The fourth-order valence-electron chi connectivity index (χ4n) is 2.78. The van der Waals surface area contributed by atoms with Crippen LogP contribution in [0.4, 0.5) is 0 Å². The van der Waals surface area contributed by atoms with Gasteiger partial charge in [-0.2, -0.15) is 0 Å². The molecule has 2 heterocycles. The highest BCUT2D eigenvalue weighted by atomic mass is 35.5. The molecule has 2 N–H and O–H groups in total. The van der Waals surface area contributed by atoms with Crippen LogP contribution in [0.15, 0.2) is 42.5 Å². The predicted molar refractivity (Wildman–Crippen MR) is 93.4 cm³/mol. The number of thiophene rings is 1. The minimum atomic E-state index is -0.189. The smallest absolute Gasteiger partial charge is 0.0931 e. The Balaban J connectivity index is 0.00000161. The van der Waals surface area contributed by atoms with Crippen molar-refractivity contribution in [2.45, 2.75) is 24.9 Å². The summed E-state index contributed by atoms with van der Waals surface area (Å²) in [6, 6.07) is 14.7. The fourth-order valence-corrected chi connectivity index (χ4v) is 3.98. The van der Waals surface area contributed by atoms with Crippen molar-refractivity contribution < 1.29 is 0 Å². The molecular formula is C16H20Cl2N2S. The van der Waals surface area contributed by atoms with E-state index in [0.29, 0.717) is 0 Å². The summed E-state index contributed by atoms with van der Waals surface area (Å²) < 4.78 is 0.830. The quantitative estimate of drug-likeness (QED) is 0.902. The van der Waals surface area contributed by atoms with Crippen LogP contribution in [-0.2, 0) is 12.1 Å². The number of hydrogen-bond acceptors (Lipinski definition) is 3. The van der Waals surface area contributed by atoms with Crippen LogP contribution < -0.4 is 5.73 Å². The lowest BCUT2D eigenvalue weighted by molar-refractivity contribution is 0.157. The molecule has 0 aliphatic carbocycles. The van der Waals surface area contributed by atoms with Crippen LogP contribution in [0.25, 0.3) is 0 Å². The molecule has 0 bridgehead atoms. The molecule has 1 fully saturated rings. The molecule has 2 aromatic rings. The molecule has 1 aromatic heterocycles. The Kier molecular flexibility index (Phi) is 5.69. The molecule has 1 aromatic carbocycles. The number of piperidine rings is 1. The number of hydrogen-bond donors (Lipinski definition) is 1. The molecule has 5 heteroatoms. The minimum absolute atomic E-state index is 0. The van der Waals surface area contributed by atoms with Gasteiger partial charge in [0.2, 0.25) is 0 Å². The van der Waals surface area contributed by atoms with Crippen molar-refractivity contribution in [1.82, 2.24) is 4.90 Å². The maximum absolute atomic E-state index is 6.57. The van der Waals surface area contributed by atoms with Crippen LogP contribution in [0, 0.1) is 0 Å². The number of nitrogens with zero attached hydrogens (tertiary/aromatic N) is 1. The molecule has 21 heavy (non-hydrogen) atoms. The zero-order valence-electron chi connectivity index (χ0n) is 11.8. The minimum Gasteiger partial charge on any atom is -0.321 e. The fraction of sp³-hybridized carbons (Fsp3) is 0.375. The molecule has 0 unspecified atom stereocenters. The first-order valence-electron chi connectivity index (χ1n) is 6.97. The van der Waals surface area contributed by atoms with Gasteiger partial charge in [0.1, 0.15) is 0 Å². The number of rotatable bonds is 3. The molecule has 0 radical (unpaired) electrons. The van der Waals surface area contributed by atoms with Crippen molar-refractivity contribution in [3.8, 4) is 0 Å². The molecule has 0 amide bonds. The monoisotopic (exact) mass is 342 g/mol. The summed E-state index contributed by atoms with van der Waals surface area (Å²) in [5.41, 5.74) is 7.76. The zero-order valence-corrected chi connectivity index (χ0v) is 14.2. The highest BCUT2D eigenvalue weighted by Gasteiger charge is 2.33. The SMILES string of the molecule is Cl.NC1(c2ccc(Cl)s2)CCN(Cc2ccccc2)CC1. The van der Waals surface area contributed by atoms with E-state index in [1.807, 2.05) is 6.07 Å². The van der Waals surface area contributed by atoms with Gasteiger partial charge in [-0.05, 0) is 30.5 Å². The van der Waals surface area contributed by atoms with Crippen LogP contribution in [-0.4, -0.2) is 18.0 Å². The van der Waals surface area contributed by atoms with E-state index in [1.54, 1.807) is 11.3 Å². The Morgan fingerprint density at radius 2 is 1.76 bits per heavy atom. The van der Waals surface area contributed by atoms with E-state index in [9.17, 15) is 0 Å². The lowest BCUT2D eigenvalue weighted by atomic mass is 9.87. The number of likely N-dealkylation sites (tertiary alicyclic amines) is 1. The molecule has 114 valence electrons. The molecule has 0 saturated carbocycles. The van der Waals surface area contributed by atoms with E-state index in [4.69, 9.17) is 17.3 Å². The van der Waals surface area contributed by atoms with Gasteiger partial charge in [0, 0.05) is 24.5 Å². The summed E-state index contributed by atoms with van der Waals surface area (Å²) >= 11 is 7.65. The number of benzene rings is 1. The first-order valence-corrected chi connectivity index (χ1v) is 8.16. The average Bonchev–Trinajstić information content (AvgIpc) is 2.90. The van der Waals surface area contributed by atoms with Gasteiger partial charge in [-0.1, -0.05) is 41.9 Å². The summed E-state index contributed by atoms with van der Waals surface area (Å²) in [6.07, 6.45) is 1.99. The van der Waals surface area contributed by atoms with Gasteiger partial charge >= 0.3 is 0 Å². The van der Waals surface area contributed by atoms with Gasteiger partial charge in [0.15, 0.2) is 0 Å². The van der Waals surface area contributed by atoms with E-state index in [-0.39, 0.29) is 17.9 Å². The van der Waals surface area contributed by atoms with Crippen LogP contribution in [0.3, 0.4) is 0 Å². The Morgan fingerprint density at radius 1 is 1.10 bits per heavy atom. The van der Waals surface area contributed by atoms with Crippen LogP contribution in [0.2, 0.25) is 4.34 Å².